The molecule has 3 rings (SSSR count). The van der Waals surface area contributed by atoms with E-state index in [0.717, 1.165) is 29.1 Å². The van der Waals surface area contributed by atoms with Crippen LogP contribution in [-0.2, 0) is 25.0 Å². The van der Waals surface area contributed by atoms with Crippen molar-refractivity contribution < 1.29 is 17.9 Å². The number of carbonyl (C=O) groups excluding carboxylic acids is 1. The molecule has 0 spiro atoms. The molecule has 1 atom stereocenters. The minimum Gasteiger partial charge on any atom is -0.381 e. The molecule has 26 heavy (non-hydrogen) atoms. The number of benzene rings is 1. The second-order valence-electron chi connectivity index (χ2n) is 7.18. The minimum absolute atomic E-state index is 0.0862. The van der Waals surface area contributed by atoms with Crippen molar-refractivity contribution in [2.45, 2.75) is 37.1 Å². The zero-order chi connectivity index (χ0) is 18.8. The summed E-state index contributed by atoms with van der Waals surface area (Å²) in [6, 6.07) is 7.71. The average Bonchev–Trinajstić information content (AvgIpc) is 2.61. The maximum absolute atomic E-state index is 13.6. The number of ether oxygens (including phenoxy) is 1. The van der Waals surface area contributed by atoms with Crippen LogP contribution in [0, 0.1) is 0 Å². The van der Waals surface area contributed by atoms with Crippen molar-refractivity contribution in [3.8, 4) is 0 Å². The lowest BCUT2D eigenvalue weighted by molar-refractivity contribution is -0.142. The summed E-state index contributed by atoms with van der Waals surface area (Å²) in [5.74, 6) is 0.0862. The number of carbonyl (C=O) groups is 1. The number of hydrogen-bond acceptors (Lipinski definition) is 4. The summed E-state index contributed by atoms with van der Waals surface area (Å²) in [7, 11) is -3.28. The zero-order valence-corrected chi connectivity index (χ0v) is 17.3. The van der Waals surface area contributed by atoms with Crippen LogP contribution in [0.2, 0.25) is 0 Å². The fourth-order valence-electron chi connectivity index (χ4n) is 3.98. The largest absolute Gasteiger partial charge is 0.381 e. The van der Waals surface area contributed by atoms with Crippen LogP contribution in [0.5, 0.6) is 0 Å². The van der Waals surface area contributed by atoms with Gasteiger partial charge in [0.25, 0.3) is 0 Å². The molecule has 0 bridgehead atoms. The molecule has 1 aromatic carbocycles. The minimum atomic E-state index is -3.28. The van der Waals surface area contributed by atoms with Crippen molar-refractivity contribution in [2.75, 3.05) is 32.6 Å². The van der Waals surface area contributed by atoms with E-state index in [0.29, 0.717) is 39.1 Å². The molecule has 2 heterocycles. The Hall–Kier alpha value is -0.960. The fourth-order valence-corrected chi connectivity index (χ4v) is 5.04. The normalized spacial score (nSPS) is 23.6. The van der Waals surface area contributed by atoms with Crippen molar-refractivity contribution in [1.82, 2.24) is 9.62 Å². The van der Waals surface area contributed by atoms with Gasteiger partial charge in [0.05, 0.1) is 11.7 Å². The fraction of sp³-hybridized carbons (Fsp3) is 0.611. The highest BCUT2D eigenvalue weighted by Gasteiger charge is 2.45. The molecular weight excluding hydrogens is 420 g/mol. The van der Waals surface area contributed by atoms with E-state index in [1.54, 1.807) is 0 Å². The number of sulfonamides is 1. The highest BCUT2D eigenvalue weighted by molar-refractivity contribution is 9.10. The van der Waals surface area contributed by atoms with Crippen LogP contribution in [0.1, 0.15) is 31.2 Å². The lowest BCUT2D eigenvalue weighted by Crippen LogP contribution is -2.56. The first-order valence-corrected chi connectivity index (χ1v) is 11.6. The van der Waals surface area contributed by atoms with Crippen LogP contribution in [0.25, 0.3) is 0 Å². The lowest BCUT2D eigenvalue weighted by atomic mass is 9.72. The Morgan fingerprint density at radius 3 is 2.54 bits per heavy atom. The second-order valence-corrected chi connectivity index (χ2v) is 9.88. The van der Waals surface area contributed by atoms with Crippen molar-refractivity contribution in [3.05, 3.63) is 34.3 Å². The van der Waals surface area contributed by atoms with Gasteiger partial charge in [0.15, 0.2) is 0 Å². The van der Waals surface area contributed by atoms with E-state index in [-0.39, 0.29) is 11.9 Å². The maximum atomic E-state index is 13.6. The molecule has 2 aliphatic rings. The first-order valence-electron chi connectivity index (χ1n) is 8.91. The Labute approximate surface area is 163 Å². The van der Waals surface area contributed by atoms with Gasteiger partial charge in [-0.3, -0.25) is 4.79 Å². The van der Waals surface area contributed by atoms with Crippen LogP contribution in [0.3, 0.4) is 0 Å². The van der Waals surface area contributed by atoms with Gasteiger partial charge in [0.2, 0.25) is 15.9 Å². The Morgan fingerprint density at radius 1 is 1.27 bits per heavy atom. The van der Waals surface area contributed by atoms with E-state index in [4.69, 9.17) is 4.74 Å². The maximum Gasteiger partial charge on any atom is 0.233 e. The van der Waals surface area contributed by atoms with E-state index in [2.05, 4.69) is 20.7 Å². The number of rotatable bonds is 4. The van der Waals surface area contributed by atoms with Gasteiger partial charge >= 0.3 is 0 Å². The van der Waals surface area contributed by atoms with Gasteiger partial charge in [-0.25, -0.2) is 13.1 Å². The molecule has 1 N–H and O–H groups in total. The third-order valence-corrected chi connectivity index (χ3v) is 6.53. The van der Waals surface area contributed by atoms with Gasteiger partial charge < -0.3 is 9.64 Å². The van der Waals surface area contributed by atoms with E-state index < -0.39 is 15.4 Å². The van der Waals surface area contributed by atoms with Gasteiger partial charge in [-0.1, -0.05) is 28.1 Å². The van der Waals surface area contributed by atoms with Crippen molar-refractivity contribution >= 4 is 31.9 Å². The zero-order valence-electron chi connectivity index (χ0n) is 14.9. The quantitative estimate of drug-likeness (QED) is 0.770. The first kappa shape index (κ1) is 19.8. The molecule has 1 aromatic rings. The van der Waals surface area contributed by atoms with Crippen LogP contribution < -0.4 is 4.72 Å². The Morgan fingerprint density at radius 2 is 1.92 bits per heavy atom. The van der Waals surface area contributed by atoms with Gasteiger partial charge in [-0.2, -0.15) is 0 Å². The molecule has 1 amide bonds. The second kappa shape index (κ2) is 7.96. The highest BCUT2D eigenvalue weighted by Crippen LogP contribution is 2.38. The molecule has 2 saturated heterocycles. The van der Waals surface area contributed by atoms with Gasteiger partial charge in [-0.15, -0.1) is 0 Å². The molecule has 8 heteroatoms. The molecule has 1 unspecified atom stereocenters. The summed E-state index contributed by atoms with van der Waals surface area (Å²) >= 11 is 3.45. The smallest absolute Gasteiger partial charge is 0.233 e. The number of nitrogens with zero attached hydrogens (tertiary/aromatic N) is 1. The molecule has 6 nitrogen and oxygen atoms in total. The van der Waals surface area contributed by atoms with Crippen LogP contribution >= 0.6 is 15.9 Å². The average molecular weight is 445 g/mol. The Kier molecular flexibility index (Phi) is 6.06. The van der Waals surface area contributed by atoms with Crippen molar-refractivity contribution in [2.24, 2.45) is 0 Å². The van der Waals surface area contributed by atoms with E-state index >= 15 is 0 Å². The van der Waals surface area contributed by atoms with Gasteiger partial charge in [0.1, 0.15) is 0 Å². The summed E-state index contributed by atoms with van der Waals surface area (Å²) < 4.78 is 32.3. The van der Waals surface area contributed by atoms with Gasteiger partial charge in [0, 0.05) is 36.8 Å². The SMILES string of the molecule is CS(=O)(=O)NC1CCCN(C(=O)C2(c3ccc(Br)cc3)CCOCC2)C1. The summed E-state index contributed by atoms with van der Waals surface area (Å²) in [6.07, 6.45) is 4.01. The predicted octanol–water partition coefficient (Wildman–Crippen LogP) is 2.04. The Balaban J connectivity index is 1.84. The number of likely N-dealkylation sites (tertiary alicyclic amines) is 1. The summed E-state index contributed by atoms with van der Waals surface area (Å²) in [6.45, 7) is 2.20. The van der Waals surface area contributed by atoms with Crippen LogP contribution in [0.15, 0.2) is 28.7 Å². The van der Waals surface area contributed by atoms with Crippen LogP contribution in [-0.4, -0.2) is 57.8 Å². The predicted molar refractivity (Wildman–Crippen MR) is 103 cm³/mol. The van der Waals surface area contributed by atoms with E-state index in [1.165, 1.54) is 0 Å². The monoisotopic (exact) mass is 444 g/mol. The van der Waals surface area contributed by atoms with Crippen molar-refractivity contribution in [3.63, 3.8) is 0 Å². The van der Waals surface area contributed by atoms with Gasteiger partial charge in [-0.05, 0) is 43.4 Å². The first-order chi connectivity index (χ1) is 12.3. The third kappa shape index (κ3) is 4.47. The lowest BCUT2D eigenvalue weighted by Gasteiger charge is -2.42. The third-order valence-electron chi connectivity index (χ3n) is 5.24. The van der Waals surface area contributed by atoms with E-state index in [9.17, 15) is 13.2 Å². The molecule has 0 aliphatic carbocycles. The Bertz CT molecular complexity index is 745. The summed E-state index contributed by atoms with van der Waals surface area (Å²) in [4.78, 5) is 15.4. The number of halogens is 1. The van der Waals surface area contributed by atoms with Crippen molar-refractivity contribution in [1.29, 1.82) is 0 Å². The summed E-state index contributed by atoms with van der Waals surface area (Å²) in [5, 5.41) is 0. The van der Waals surface area contributed by atoms with E-state index in [1.807, 2.05) is 29.2 Å². The number of amides is 1. The number of nitrogens with one attached hydrogen (secondary N) is 1. The highest BCUT2D eigenvalue weighted by atomic mass is 79.9. The standard InChI is InChI=1S/C18H25BrN2O4S/c1-26(23,24)20-16-3-2-10-21(13-16)17(22)18(8-11-25-12-9-18)14-4-6-15(19)7-5-14/h4-7,16,20H,2-3,8-13H2,1H3. The topological polar surface area (TPSA) is 75.7 Å². The molecule has 2 aliphatic heterocycles. The molecule has 0 radical (unpaired) electrons. The molecular formula is C18H25BrN2O4S. The molecule has 0 saturated carbocycles. The summed E-state index contributed by atoms with van der Waals surface area (Å²) in [5.41, 5.74) is 0.415. The number of piperidine rings is 1. The molecule has 2 fully saturated rings. The molecule has 0 aromatic heterocycles. The molecule has 144 valence electrons. The number of hydrogen-bond donors (Lipinski definition) is 1. The van der Waals surface area contributed by atoms with Crippen LogP contribution in [0.4, 0.5) is 0 Å².